The summed E-state index contributed by atoms with van der Waals surface area (Å²) in [5, 5.41) is 1.60. The molecule has 2 fully saturated rings. The third kappa shape index (κ3) is 3.74. The average Bonchev–Trinajstić information content (AvgIpc) is 3.43. The fourth-order valence-electron chi connectivity index (χ4n) is 4.71. The van der Waals surface area contributed by atoms with Crippen molar-refractivity contribution >= 4 is 29.2 Å². The highest BCUT2D eigenvalue weighted by atomic mass is 16.7. The maximum atomic E-state index is 13.8. The molecule has 0 N–H and O–H groups in total. The minimum Gasteiger partial charge on any atom is -0.497 e. The van der Waals surface area contributed by atoms with E-state index in [1.807, 2.05) is 36.4 Å². The summed E-state index contributed by atoms with van der Waals surface area (Å²) in [5.41, 5.74) is 2.04. The van der Waals surface area contributed by atoms with Crippen molar-refractivity contribution in [3.63, 3.8) is 0 Å². The van der Waals surface area contributed by atoms with Gasteiger partial charge in [0, 0.05) is 11.6 Å². The average molecular weight is 488 g/mol. The Balaban J connectivity index is 1.57. The van der Waals surface area contributed by atoms with E-state index in [-0.39, 0.29) is 0 Å². The summed E-state index contributed by atoms with van der Waals surface area (Å²) in [6.07, 6.45) is -1.03. The number of hydrogen-bond donors (Lipinski definition) is 0. The second kappa shape index (κ2) is 9.35. The first kappa shape index (κ1) is 23.4. The van der Waals surface area contributed by atoms with Gasteiger partial charge in [0.2, 0.25) is 5.91 Å². The van der Waals surface area contributed by atoms with Gasteiger partial charge >= 0.3 is 5.97 Å². The molecule has 5 rings (SSSR count). The fourth-order valence-corrected chi connectivity index (χ4v) is 4.71. The number of para-hydroxylation sites is 1. The normalized spacial score (nSPS) is 20.9. The Morgan fingerprint density at radius 2 is 1.56 bits per heavy atom. The number of hydroxylamine groups is 1. The quantitative estimate of drug-likeness (QED) is 0.384. The number of carbonyl (C=O) groups excluding carboxylic acids is 3. The molecule has 2 amide bonds. The summed E-state index contributed by atoms with van der Waals surface area (Å²) in [6, 6.07) is 20.1. The molecule has 0 unspecified atom stereocenters. The smallest absolute Gasteiger partial charge is 0.337 e. The standard InChI is InChI=1S/C27H24N2O7/c1-33-19-13-14-20(21(15-19)34-2)23-22-24(36-29(23)18-7-5-4-6-8-18)26(31)28(25(22)30)17-11-9-16(10-12-17)27(32)35-3/h4-15,22-24H,1-3H3/t22-,23-,24-/m1/s1. The van der Waals surface area contributed by atoms with Gasteiger partial charge in [-0.05, 0) is 48.5 Å². The summed E-state index contributed by atoms with van der Waals surface area (Å²) < 4.78 is 15.7. The fraction of sp³-hybridized carbons (Fsp3) is 0.222. The third-order valence-corrected chi connectivity index (χ3v) is 6.43. The molecule has 0 aromatic heterocycles. The number of methoxy groups -OCH3 is 3. The van der Waals surface area contributed by atoms with Crippen LogP contribution in [0.1, 0.15) is 22.0 Å². The van der Waals surface area contributed by atoms with Crippen LogP contribution in [-0.2, 0) is 19.2 Å². The molecule has 2 saturated heterocycles. The highest BCUT2D eigenvalue weighted by Crippen LogP contribution is 2.49. The van der Waals surface area contributed by atoms with Crippen molar-refractivity contribution < 1.29 is 33.4 Å². The van der Waals surface area contributed by atoms with E-state index in [1.165, 1.54) is 26.4 Å². The van der Waals surface area contributed by atoms with Gasteiger partial charge in [-0.3, -0.25) is 14.4 Å². The number of rotatable bonds is 6. The van der Waals surface area contributed by atoms with Crippen LogP contribution in [0.25, 0.3) is 0 Å². The minimum absolute atomic E-state index is 0.313. The molecule has 9 nitrogen and oxygen atoms in total. The van der Waals surface area contributed by atoms with Gasteiger partial charge in [0.15, 0.2) is 6.10 Å². The second-order valence-corrected chi connectivity index (χ2v) is 8.32. The van der Waals surface area contributed by atoms with E-state index in [9.17, 15) is 14.4 Å². The van der Waals surface area contributed by atoms with Gasteiger partial charge in [0.05, 0.1) is 44.3 Å². The van der Waals surface area contributed by atoms with Crippen LogP contribution < -0.4 is 19.4 Å². The maximum absolute atomic E-state index is 13.8. The first-order chi connectivity index (χ1) is 17.5. The Morgan fingerprint density at radius 3 is 2.19 bits per heavy atom. The number of imide groups is 1. The van der Waals surface area contributed by atoms with Crippen molar-refractivity contribution in [3.8, 4) is 11.5 Å². The summed E-state index contributed by atoms with van der Waals surface area (Å²) in [7, 11) is 4.38. The molecule has 0 spiro atoms. The van der Waals surface area contributed by atoms with E-state index in [0.717, 1.165) is 4.90 Å². The van der Waals surface area contributed by atoms with E-state index in [2.05, 4.69) is 0 Å². The lowest BCUT2D eigenvalue weighted by atomic mass is 9.90. The summed E-state index contributed by atoms with van der Waals surface area (Å²) in [5.74, 6) is -1.13. The highest BCUT2D eigenvalue weighted by molar-refractivity contribution is 6.24. The van der Waals surface area contributed by atoms with Crippen LogP contribution in [0.4, 0.5) is 11.4 Å². The molecule has 3 aromatic carbocycles. The molecule has 0 bridgehead atoms. The van der Waals surface area contributed by atoms with Gasteiger partial charge < -0.3 is 14.2 Å². The predicted molar refractivity (Wildman–Crippen MR) is 130 cm³/mol. The molecule has 2 aliphatic rings. The lowest BCUT2D eigenvalue weighted by molar-refractivity contribution is -0.126. The number of ether oxygens (including phenoxy) is 3. The summed E-state index contributed by atoms with van der Waals surface area (Å²) in [6.45, 7) is 0. The van der Waals surface area contributed by atoms with Gasteiger partial charge in [-0.25, -0.2) is 14.8 Å². The molecule has 3 aromatic rings. The van der Waals surface area contributed by atoms with Crippen LogP contribution in [0.15, 0.2) is 72.8 Å². The van der Waals surface area contributed by atoms with Crippen molar-refractivity contribution in [2.24, 2.45) is 5.92 Å². The number of amides is 2. The van der Waals surface area contributed by atoms with E-state index in [4.69, 9.17) is 19.0 Å². The molecular formula is C27H24N2O7. The van der Waals surface area contributed by atoms with Gasteiger partial charge in [-0.15, -0.1) is 0 Å². The first-order valence-corrected chi connectivity index (χ1v) is 11.3. The topological polar surface area (TPSA) is 94.6 Å². The van der Waals surface area contributed by atoms with Gasteiger partial charge in [-0.2, -0.15) is 0 Å². The van der Waals surface area contributed by atoms with Crippen LogP contribution in [0.5, 0.6) is 11.5 Å². The molecule has 0 saturated carbocycles. The van der Waals surface area contributed by atoms with Crippen molar-refractivity contribution in [3.05, 3.63) is 83.9 Å². The van der Waals surface area contributed by atoms with Gasteiger partial charge in [0.1, 0.15) is 17.4 Å². The maximum Gasteiger partial charge on any atom is 0.337 e. The van der Waals surface area contributed by atoms with Crippen molar-refractivity contribution in [1.82, 2.24) is 0 Å². The van der Waals surface area contributed by atoms with Gasteiger partial charge in [0.25, 0.3) is 5.91 Å². The van der Waals surface area contributed by atoms with Crippen LogP contribution in [-0.4, -0.2) is 45.2 Å². The number of carbonyl (C=O) groups is 3. The predicted octanol–water partition coefficient (Wildman–Crippen LogP) is 3.54. The molecule has 184 valence electrons. The first-order valence-electron chi connectivity index (χ1n) is 11.3. The Morgan fingerprint density at radius 1 is 0.833 bits per heavy atom. The lowest BCUT2D eigenvalue weighted by Crippen LogP contribution is -2.37. The second-order valence-electron chi connectivity index (χ2n) is 8.32. The molecule has 2 heterocycles. The van der Waals surface area contributed by atoms with E-state index >= 15 is 0 Å². The number of nitrogens with zero attached hydrogens (tertiary/aromatic N) is 2. The Bertz CT molecular complexity index is 1310. The molecule has 2 aliphatic heterocycles. The number of anilines is 2. The van der Waals surface area contributed by atoms with E-state index in [1.54, 1.807) is 36.4 Å². The van der Waals surface area contributed by atoms with Crippen LogP contribution in [0.3, 0.4) is 0 Å². The van der Waals surface area contributed by atoms with E-state index in [0.29, 0.717) is 34.0 Å². The number of esters is 1. The SMILES string of the molecule is COC(=O)c1ccc(N2C(=O)[C@@H]3[C@@H](c4ccc(OC)cc4OC)N(c4ccccc4)O[C@H]3C2=O)cc1. The Hall–Kier alpha value is -4.37. The van der Waals surface area contributed by atoms with Gasteiger partial charge in [-0.1, -0.05) is 18.2 Å². The van der Waals surface area contributed by atoms with Crippen LogP contribution >= 0.6 is 0 Å². The molecule has 9 heteroatoms. The Labute approximate surface area is 207 Å². The lowest BCUT2D eigenvalue weighted by Gasteiger charge is -2.29. The van der Waals surface area contributed by atoms with Crippen LogP contribution in [0.2, 0.25) is 0 Å². The van der Waals surface area contributed by atoms with Crippen molar-refractivity contribution in [2.45, 2.75) is 12.1 Å². The third-order valence-electron chi connectivity index (χ3n) is 6.43. The van der Waals surface area contributed by atoms with E-state index < -0.39 is 35.8 Å². The Kier molecular flexibility index (Phi) is 6.07. The molecule has 0 aliphatic carbocycles. The zero-order valence-corrected chi connectivity index (χ0v) is 19.9. The summed E-state index contributed by atoms with van der Waals surface area (Å²) in [4.78, 5) is 46.4. The highest BCUT2D eigenvalue weighted by Gasteiger charge is 2.60. The minimum atomic E-state index is -1.03. The van der Waals surface area contributed by atoms with Crippen molar-refractivity contribution in [1.29, 1.82) is 0 Å². The number of fused-ring (bicyclic) bond motifs is 1. The van der Waals surface area contributed by atoms with Crippen molar-refractivity contribution in [2.75, 3.05) is 31.3 Å². The van der Waals surface area contributed by atoms with Crippen LogP contribution in [0, 0.1) is 5.92 Å². The zero-order chi connectivity index (χ0) is 25.4. The largest absolute Gasteiger partial charge is 0.497 e. The molecule has 0 radical (unpaired) electrons. The number of hydrogen-bond acceptors (Lipinski definition) is 8. The molecular weight excluding hydrogens is 464 g/mol. The molecule has 36 heavy (non-hydrogen) atoms. The number of benzene rings is 3. The monoisotopic (exact) mass is 488 g/mol. The summed E-state index contributed by atoms with van der Waals surface area (Å²) >= 11 is 0. The molecule has 3 atom stereocenters. The zero-order valence-electron chi connectivity index (χ0n) is 19.9.